The number of hydrogen-bond acceptors (Lipinski definition) is 2. The number of halogens is 1. The molecule has 1 fully saturated rings. The summed E-state index contributed by atoms with van der Waals surface area (Å²) < 4.78 is 4.86. The van der Waals surface area contributed by atoms with Crippen LogP contribution in [0.15, 0.2) is 11.8 Å². The second-order valence-electron chi connectivity index (χ2n) is 3.67. The molecule has 0 aromatic rings. The van der Waals surface area contributed by atoms with E-state index in [1.807, 2.05) is 6.08 Å². The summed E-state index contributed by atoms with van der Waals surface area (Å²) in [5.74, 6) is 0. The van der Waals surface area contributed by atoms with Gasteiger partial charge in [0, 0.05) is 12.1 Å². The fraction of sp³-hybridized carbons (Fsp3) is 0.727. The fourth-order valence-corrected chi connectivity index (χ4v) is 1.71. The van der Waals surface area contributed by atoms with Crippen LogP contribution in [0.5, 0.6) is 0 Å². The molecule has 1 atom stereocenters. The van der Waals surface area contributed by atoms with E-state index in [2.05, 4.69) is 12.2 Å². The number of alkyl carbamates (subject to hydrolysis) is 1. The van der Waals surface area contributed by atoms with E-state index in [1.165, 1.54) is 12.8 Å². The van der Waals surface area contributed by atoms with E-state index >= 15 is 0 Å². The smallest absolute Gasteiger partial charge is 0.411 e. The van der Waals surface area contributed by atoms with Crippen molar-refractivity contribution < 1.29 is 9.53 Å². The Hall–Kier alpha value is -0.700. The Morgan fingerprint density at radius 3 is 3.13 bits per heavy atom. The molecule has 1 rings (SSSR count). The molecule has 15 heavy (non-hydrogen) atoms. The molecule has 0 spiro atoms. The molecule has 86 valence electrons. The lowest BCUT2D eigenvalue weighted by atomic mass is 10.1. The maximum atomic E-state index is 11.1. The first-order valence-corrected chi connectivity index (χ1v) is 5.95. The molecule has 0 radical (unpaired) electrons. The monoisotopic (exact) mass is 231 g/mol. The van der Waals surface area contributed by atoms with Crippen molar-refractivity contribution in [2.45, 2.75) is 44.4 Å². The summed E-state index contributed by atoms with van der Waals surface area (Å²) in [6.07, 6.45) is 6.82. The van der Waals surface area contributed by atoms with Crippen LogP contribution in [-0.4, -0.2) is 18.1 Å². The number of nitrogens with one attached hydrogen (secondary N) is 1. The average Bonchev–Trinajstić information content (AvgIpc) is 2.36. The van der Waals surface area contributed by atoms with Gasteiger partial charge in [-0.25, -0.2) is 4.79 Å². The van der Waals surface area contributed by atoms with Crippen LogP contribution in [-0.2, 0) is 4.74 Å². The highest BCUT2D eigenvalue weighted by molar-refractivity contribution is 6.22. The zero-order valence-corrected chi connectivity index (χ0v) is 9.85. The zero-order chi connectivity index (χ0) is 11.1. The quantitative estimate of drug-likeness (QED) is 0.596. The van der Waals surface area contributed by atoms with Crippen molar-refractivity contribution in [2.75, 3.05) is 6.61 Å². The van der Waals surface area contributed by atoms with Crippen LogP contribution in [0.1, 0.15) is 39.0 Å². The van der Waals surface area contributed by atoms with Crippen LogP contribution >= 0.6 is 11.6 Å². The van der Waals surface area contributed by atoms with Crippen LogP contribution < -0.4 is 5.32 Å². The van der Waals surface area contributed by atoms with Crippen molar-refractivity contribution in [3.63, 3.8) is 0 Å². The van der Waals surface area contributed by atoms with Gasteiger partial charge in [0.1, 0.15) is 0 Å². The van der Waals surface area contributed by atoms with Crippen LogP contribution in [0, 0.1) is 0 Å². The third-order valence-corrected chi connectivity index (χ3v) is 2.81. The summed E-state index contributed by atoms with van der Waals surface area (Å²) in [4.78, 5) is 11.1. The van der Waals surface area contributed by atoms with Crippen molar-refractivity contribution >= 4 is 17.7 Å². The summed E-state index contributed by atoms with van der Waals surface area (Å²) in [5.41, 5.74) is 0.801. The minimum atomic E-state index is -0.389. The number of cyclic esters (lactones) is 1. The molecule has 0 aromatic carbocycles. The molecule has 1 saturated heterocycles. The molecule has 0 bridgehead atoms. The zero-order valence-electron chi connectivity index (χ0n) is 9.09. The summed E-state index contributed by atoms with van der Waals surface area (Å²) in [6.45, 7) is 2.56. The van der Waals surface area contributed by atoms with Crippen molar-refractivity contribution in [3.8, 4) is 0 Å². The first-order valence-electron chi connectivity index (χ1n) is 5.52. The Labute approximate surface area is 95.8 Å². The molecule has 1 aliphatic heterocycles. The second-order valence-corrected chi connectivity index (χ2v) is 4.20. The highest BCUT2D eigenvalue weighted by Gasteiger charge is 2.18. The molecule has 1 N–H and O–H groups in total. The van der Waals surface area contributed by atoms with Crippen LogP contribution in [0.25, 0.3) is 0 Å². The van der Waals surface area contributed by atoms with Gasteiger partial charge in [0.2, 0.25) is 0 Å². The molecule has 0 aromatic heterocycles. The van der Waals surface area contributed by atoms with E-state index in [0.717, 1.165) is 18.5 Å². The predicted molar refractivity (Wildman–Crippen MR) is 61.0 cm³/mol. The number of allylic oxidation sites excluding steroid dienone is 2. The Morgan fingerprint density at radius 2 is 2.40 bits per heavy atom. The van der Waals surface area contributed by atoms with Crippen LogP contribution in [0.4, 0.5) is 4.79 Å². The SMILES string of the molecule is CCCCC/C=C1/NC(=O)OCCC1Cl. The molecular formula is C11H18ClNO2. The lowest BCUT2D eigenvalue weighted by molar-refractivity contribution is 0.154. The van der Waals surface area contributed by atoms with E-state index < -0.39 is 0 Å². The lowest BCUT2D eigenvalue weighted by Crippen LogP contribution is -2.23. The standard InChI is InChI=1S/C11H18ClNO2/c1-2-3-4-5-6-10-9(12)7-8-15-11(14)13-10/h6,9H,2-5,7-8H2,1H3,(H,13,14)/b10-6+. The third-order valence-electron chi connectivity index (χ3n) is 2.36. The summed E-state index contributed by atoms with van der Waals surface area (Å²) in [5, 5.41) is 2.55. The van der Waals surface area contributed by atoms with Gasteiger partial charge in [0.15, 0.2) is 0 Å². The number of alkyl halides is 1. The molecule has 1 heterocycles. The molecular weight excluding hydrogens is 214 g/mol. The highest BCUT2D eigenvalue weighted by atomic mass is 35.5. The van der Waals surface area contributed by atoms with E-state index in [-0.39, 0.29) is 11.5 Å². The molecule has 4 heteroatoms. The normalized spacial score (nSPS) is 24.5. The number of rotatable bonds is 4. The predicted octanol–water partition coefficient (Wildman–Crippen LogP) is 3.19. The summed E-state index contributed by atoms with van der Waals surface area (Å²) in [7, 11) is 0. The van der Waals surface area contributed by atoms with Crippen molar-refractivity contribution in [1.29, 1.82) is 0 Å². The molecule has 1 amide bonds. The number of carbonyl (C=O) groups excluding carboxylic acids is 1. The van der Waals surface area contributed by atoms with Crippen molar-refractivity contribution in [1.82, 2.24) is 5.32 Å². The first kappa shape index (κ1) is 12.4. The molecule has 1 unspecified atom stereocenters. The number of unbranched alkanes of at least 4 members (excludes halogenated alkanes) is 3. The van der Waals surface area contributed by atoms with Gasteiger partial charge in [-0.3, -0.25) is 5.32 Å². The maximum Gasteiger partial charge on any atom is 0.411 e. The largest absolute Gasteiger partial charge is 0.449 e. The Morgan fingerprint density at radius 1 is 1.60 bits per heavy atom. The van der Waals surface area contributed by atoms with E-state index in [0.29, 0.717) is 13.0 Å². The van der Waals surface area contributed by atoms with E-state index in [4.69, 9.17) is 16.3 Å². The summed E-state index contributed by atoms with van der Waals surface area (Å²) >= 11 is 6.10. The summed E-state index contributed by atoms with van der Waals surface area (Å²) in [6, 6.07) is 0. The Balaban J connectivity index is 2.44. The maximum absolute atomic E-state index is 11.1. The number of carbonyl (C=O) groups is 1. The lowest BCUT2D eigenvalue weighted by Gasteiger charge is -2.08. The van der Waals surface area contributed by atoms with Gasteiger partial charge in [-0.05, 0) is 12.8 Å². The molecule has 3 nitrogen and oxygen atoms in total. The van der Waals surface area contributed by atoms with Gasteiger partial charge in [0.25, 0.3) is 0 Å². The minimum Gasteiger partial charge on any atom is -0.449 e. The Kier molecular flexibility index (Phi) is 5.54. The molecule has 1 aliphatic rings. The van der Waals surface area contributed by atoms with Gasteiger partial charge in [-0.15, -0.1) is 11.6 Å². The number of hydrogen-bond donors (Lipinski definition) is 1. The Bertz CT molecular complexity index is 241. The minimum absolute atomic E-state index is 0.127. The number of amides is 1. The van der Waals surface area contributed by atoms with Gasteiger partial charge >= 0.3 is 6.09 Å². The third kappa shape index (κ3) is 4.56. The first-order chi connectivity index (χ1) is 7.24. The van der Waals surface area contributed by atoms with Crippen molar-refractivity contribution in [2.24, 2.45) is 0 Å². The van der Waals surface area contributed by atoms with Gasteiger partial charge in [-0.1, -0.05) is 25.8 Å². The second kappa shape index (κ2) is 6.72. The topological polar surface area (TPSA) is 38.3 Å². The molecule has 0 aliphatic carbocycles. The van der Waals surface area contributed by atoms with Gasteiger partial charge in [0.05, 0.1) is 12.0 Å². The molecule has 0 saturated carbocycles. The van der Waals surface area contributed by atoms with Crippen LogP contribution in [0.3, 0.4) is 0 Å². The average molecular weight is 232 g/mol. The highest BCUT2D eigenvalue weighted by Crippen LogP contribution is 2.16. The van der Waals surface area contributed by atoms with E-state index in [9.17, 15) is 4.79 Å². The van der Waals surface area contributed by atoms with Gasteiger partial charge < -0.3 is 4.74 Å². The van der Waals surface area contributed by atoms with Crippen molar-refractivity contribution in [3.05, 3.63) is 11.8 Å². The van der Waals surface area contributed by atoms with Gasteiger partial charge in [-0.2, -0.15) is 0 Å². The fourth-order valence-electron chi connectivity index (χ4n) is 1.47. The van der Waals surface area contributed by atoms with Crippen LogP contribution in [0.2, 0.25) is 0 Å². The number of ether oxygens (including phenoxy) is 1. The van der Waals surface area contributed by atoms with E-state index in [1.54, 1.807) is 0 Å².